The Morgan fingerprint density at radius 2 is 2.17 bits per heavy atom. The van der Waals surface area contributed by atoms with Crippen LogP contribution in [-0.4, -0.2) is 46.3 Å². The number of carbonyl (C=O) groups excluding carboxylic acids is 2. The van der Waals surface area contributed by atoms with Crippen molar-refractivity contribution >= 4 is 17.7 Å². The van der Waals surface area contributed by atoms with Crippen molar-refractivity contribution in [1.82, 2.24) is 20.4 Å². The third-order valence-corrected chi connectivity index (χ3v) is 4.38. The van der Waals surface area contributed by atoms with E-state index in [2.05, 4.69) is 25.0 Å². The number of amides is 2. The van der Waals surface area contributed by atoms with Crippen molar-refractivity contribution in [2.24, 2.45) is 0 Å². The van der Waals surface area contributed by atoms with Crippen LogP contribution in [-0.2, 0) is 9.53 Å². The van der Waals surface area contributed by atoms with E-state index in [9.17, 15) is 14.0 Å². The van der Waals surface area contributed by atoms with Gasteiger partial charge in [0, 0.05) is 24.2 Å². The zero-order valence-corrected chi connectivity index (χ0v) is 15.3. The van der Waals surface area contributed by atoms with Crippen LogP contribution in [0.25, 0.3) is 22.6 Å². The van der Waals surface area contributed by atoms with E-state index in [0.29, 0.717) is 28.3 Å². The van der Waals surface area contributed by atoms with Crippen molar-refractivity contribution in [1.29, 1.82) is 0 Å². The summed E-state index contributed by atoms with van der Waals surface area (Å²) in [7, 11) is 0. The SMILES string of the molecule is CC(=O)NC[C@H]1CN(c2ccc(-c3ccc(-c4ncon4)nc3)c(F)c2)C(=O)O1. The van der Waals surface area contributed by atoms with E-state index in [1.54, 1.807) is 24.3 Å². The van der Waals surface area contributed by atoms with E-state index < -0.39 is 18.0 Å². The number of halogens is 1. The number of ether oxygens (including phenoxy) is 1. The lowest BCUT2D eigenvalue weighted by Gasteiger charge is -2.14. The third-order valence-electron chi connectivity index (χ3n) is 4.38. The Hall–Kier alpha value is -3.82. The topological polar surface area (TPSA) is 110 Å². The highest BCUT2D eigenvalue weighted by Crippen LogP contribution is 2.29. The molecule has 9 nitrogen and oxygen atoms in total. The molecule has 148 valence electrons. The second-order valence-corrected chi connectivity index (χ2v) is 6.40. The van der Waals surface area contributed by atoms with Crippen molar-refractivity contribution < 1.29 is 23.2 Å². The summed E-state index contributed by atoms with van der Waals surface area (Å²) < 4.78 is 24.6. The van der Waals surface area contributed by atoms with Gasteiger partial charge in [-0.25, -0.2) is 9.18 Å². The van der Waals surface area contributed by atoms with Gasteiger partial charge in [-0.15, -0.1) is 0 Å². The van der Waals surface area contributed by atoms with Gasteiger partial charge in [-0.05, 0) is 24.3 Å². The molecular formula is C19H16FN5O4. The molecule has 2 aromatic heterocycles. The second-order valence-electron chi connectivity index (χ2n) is 6.40. The number of nitrogens with zero attached hydrogens (tertiary/aromatic N) is 4. The Labute approximate surface area is 164 Å². The largest absolute Gasteiger partial charge is 0.442 e. The van der Waals surface area contributed by atoms with Gasteiger partial charge in [0.2, 0.25) is 18.1 Å². The molecule has 0 radical (unpaired) electrons. The average molecular weight is 397 g/mol. The molecule has 10 heteroatoms. The molecule has 4 rings (SSSR count). The molecule has 1 N–H and O–H groups in total. The van der Waals surface area contributed by atoms with Crippen LogP contribution >= 0.6 is 0 Å². The van der Waals surface area contributed by atoms with Gasteiger partial charge in [-0.1, -0.05) is 11.2 Å². The van der Waals surface area contributed by atoms with Gasteiger partial charge in [0.1, 0.15) is 17.6 Å². The van der Waals surface area contributed by atoms with Crippen LogP contribution in [0.5, 0.6) is 0 Å². The van der Waals surface area contributed by atoms with E-state index in [1.165, 1.54) is 30.5 Å². The fraction of sp³-hybridized carbons (Fsp3) is 0.211. The predicted octanol–water partition coefficient (Wildman–Crippen LogP) is 2.40. The van der Waals surface area contributed by atoms with Gasteiger partial charge in [0.05, 0.1) is 18.8 Å². The summed E-state index contributed by atoms with van der Waals surface area (Å²) in [6.45, 7) is 1.81. The van der Waals surface area contributed by atoms with E-state index in [4.69, 9.17) is 4.74 Å². The number of benzene rings is 1. The minimum atomic E-state index is -0.585. The summed E-state index contributed by atoms with van der Waals surface area (Å²) in [5.74, 6) is -0.377. The number of aromatic nitrogens is 3. The van der Waals surface area contributed by atoms with Crippen LogP contribution in [0.15, 0.2) is 47.4 Å². The highest BCUT2D eigenvalue weighted by molar-refractivity contribution is 5.90. The summed E-state index contributed by atoms with van der Waals surface area (Å²) in [5, 5.41) is 6.30. The highest BCUT2D eigenvalue weighted by atomic mass is 19.1. The highest BCUT2D eigenvalue weighted by Gasteiger charge is 2.32. The van der Waals surface area contributed by atoms with Gasteiger partial charge in [0.15, 0.2) is 0 Å². The molecule has 1 aliphatic heterocycles. The Bertz CT molecular complexity index is 1040. The summed E-state index contributed by atoms with van der Waals surface area (Å²) >= 11 is 0. The van der Waals surface area contributed by atoms with Crippen LogP contribution in [0.1, 0.15) is 6.92 Å². The summed E-state index contributed by atoms with van der Waals surface area (Å²) in [4.78, 5) is 32.6. The number of pyridine rings is 1. The van der Waals surface area contributed by atoms with Crippen molar-refractivity contribution in [2.75, 3.05) is 18.0 Å². The summed E-state index contributed by atoms with van der Waals surface area (Å²) in [6.07, 6.45) is 1.64. The molecule has 0 unspecified atom stereocenters. The monoisotopic (exact) mass is 397 g/mol. The molecule has 1 saturated heterocycles. The molecule has 0 aliphatic carbocycles. The Morgan fingerprint density at radius 3 is 2.83 bits per heavy atom. The maximum absolute atomic E-state index is 14.7. The number of carbonyl (C=O) groups is 2. The number of hydrogen-bond acceptors (Lipinski definition) is 7. The molecular weight excluding hydrogens is 381 g/mol. The standard InChI is InChI=1S/C19H16FN5O4/c1-11(26)21-8-14-9-25(19(27)29-14)13-3-4-15(16(20)6-13)12-2-5-17(22-7-12)18-23-10-28-24-18/h2-7,10,14H,8-9H2,1H3,(H,21,26)/t14-/m0/s1. The smallest absolute Gasteiger partial charge is 0.414 e. The van der Waals surface area contributed by atoms with E-state index in [-0.39, 0.29) is 19.0 Å². The van der Waals surface area contributed by atoms with Crippen molar-refractivity contribution in [3.05, 3.63) is 48.7 Å². The van der Waals surface area contributed by atoms with E-state index in [1.807, 2.05) is 0 Å². The van der Waals surface area contributed by atoms with E-state index in [0.717, 1.165) is 0 Å². The van der Waals surface area contributed by atoms with Crippen LogP contribution in [0, 0.1) is 5.82 Å². The quantitative estimate of drug-likeness (QED) is 0.704. The second kappa shape index (κ2) is 7.66. The summed E-state index contributed by atoms with van der Waals surface area (Å²) in [5.41, 5.74) is 1.78. The fourth-order valence-electron chi connectivity index (χ4n) is 2.97. The zero-order valence-electron chi connectivity index (χ0n) is 15.3. The molecule has 1 aliphatic rings. The zero-order chi connectivity index (χ0) is 20.4. The first kappa shape index (κ1) is 18.5. The first-order valence-electron chi connectivity index (χ1n) is 8.76. The lowest BCUT2D eigenvalue weighted by atomic mass is 10.1. The fourth-order valence-corrected chi connectivity index (χ4v) is 2.97. The van der Waals surface area contributed by atoms with Gasteiger partial charge in [-0.2, -0.15) is 4.98 Å². The first-order valence-corrected chi connectivity index (χ1v) is 8.76. The van der Waals surface area contributed by atoms with Crippen molar-refractivity contribution in [3.8, 4) is 22.6 Å². The lowest BCUT2D eigenvalue weighted by Crippen LogP contribution is -2.33. The maximum atomic E-state index is 14.7. The average Bonchev–Trinajstić information content (AvgIpc) is 3.36. The van der Waals surface area contributed by atoms with Gasteiger partial charge in [0.25, 0.3) is 0 Å². The molecule has 29 heavy (non-hydrogen) atoms. The van der Waals surface area contributed by atoms with Crippen LogP contribution in [0.2, 0.25) is 0 Å². The van der Waals surface area contributed by atoms with E-state index >= 15 is 0 Å². The Morgan fingerprint density at radius 1 is 1.31 bits per heavy atom. The number of anilines is 1. The molecule has 1 atom stereocenters. The van der Waals surface area contributed by atoms with Crippen LogP contribution < -0.4 is 10.2 Å². The van der Waals surface area contributed by atoms with Crippen LogP contribution in [0.3, 0.4) is 0 Å². The number of nitrogens with one attached hydrogen (secondary N) is 1. The molecule has 0 spiro atoms. The molecule has 3 heterocycles. The molecule has 0 bridgehead atoms. The third kappa shape index (κ3) is 3.91. The molecule has 2 amide bonds. The van der Waals surface area contributed by atoms with Gasteiger partial charge >= 0.3 is 6.09 Å². The number of rotatable bonds is 5. The van der Waals surface area contributed by atoms with Crippen molar-refractivity contribution in [2.45, 2.75) is 13.0 Å². The first-order chi connectivity index (χ1) is 14.0. The Balaban J connectivity index is 1.51. The molecule has 1 aromatic carbocycles. The number of hydrogen-bond donors (Lipinski definition) is 1. The minimum absolute atomic E-state index is 0.205. The lowest BCUT2D eigenvalue weighted by molar-refractivity contribution is -0.119. The van der Waals surface area contributed by atoms with Crippen molar-refractivity contribution in [3.63, 3.8) is 0 Å². The van der Waals surface area contributed by atoms with Crippen LogP contribution in [0.4, 0.5) is 14.9 Å². The minimum Gasteiger partial charge on any atom is -0.442 e. The molecule has 0 saturated carbocycles. The molecule has 1 fully saturated rings. The number of cyclic esters (lactones) is 1. The predicted molar refractivity (Wildman–Crippen MR) is 99.2 cm³/mol. The molecule has 3 aromatic rings. The summed E-state index contributed by atoms with van der Waals surface area (Å²) in [6, 6.07) is 7.84. The van der Waals surface area contributed by atoms with Gasteiger partial charge in [-0.3, -0.25) is 14.7 Å². The normalized spacial score (nSPS) is 16.0. The maximum Gasteiger partial charge on any atom is 0.414 e. The van der Waals surface area contributed by atoms with Gasteiger partial charge < -0.3 is 14.6 Å². The Kier molecular flexibility index (Phi) is 4.90.